The SMILES string of the molecule is CCCCCOc1cccc([C@@H]2C(C(=O)c3cccs3)=C(O)C(=O)N2CC[NH+]2CCOCC2)c1. The molecule has 1 fully saturated rings. The van der Waals surface area contributed by atoms with Gasteiger partial charge in [-0.1, -0.05) is 38.0 Å². The van der Waals surface area contributed by atoms with Crippen LogP contribution < -0.4 is 9.64 Å². The molecule has 2 aromatic rings. The van der Waals surface area contributed by atoms with Crippen molar-refractivity contribution in [2.24, 2.45) is 0 Å². The first kappa shape index (κ1) is 24.4. The van der Waals surface area contributed by atoms with Gasteiger partial charge in [-0.05, 0) is 35.6 Å². The Hall–Kier alpha value is -2.68. The maximum Gasteiger partial charge on any atom is 0.290 e. The number of aliphatic hydroxyl groups is 1. The van der Waals surface area contributed by atoms with Crippen molar-refractivity contribution in [1.29, 1.82) is 0 Å². The summed E-state index contributed by atoms with van der Waals surface area (Å²) in [5.74, 6) is -0.545. The van der Waals surface area contributed by atoms with Gasteiger partial charge < -0.3 is 24.4 Å². The lowest BCUT2D eigenvalue weighted by atomic mass is 9.95. The molecule has 1 aromatic heterocycles. The molecule has 0 unspecified atom stereocenters. The number of thiophene rings is 1. The fraction of sp³-hybridized carbons (Fsp3) is 0.462. The van der Waals surface area contributed by atoms with Crippen LogP contribution in [0.3, 0.4) is 0 Å². The van der Waals surface area contributed by atoms with Gasteiger partial charge in [0.15, 0.2) is 5.76 Å². The second-order valence-electron chi connectivity index (χ2n) is 8.71. The minimum absolute atomic E-state index is 0.146. The van der Waals surface area contributed by atoms with Crippen molar-refractivity contribution < 1.29 is 29.1 Å². The molecular weight excluding hydrogens is 452 g/mol. The van der Waals surface area contributed by atoms with Gasteiger partial charge in [-0.2, -0.15) is 0 Å². The van der Waals surface area contributed by atoms with Crippen LogP contribution >= 0.6 is 11.3 Å². The summed E-state index contributed by atoms with van der Waals surface area (Å²) < 4.78 is 11.4. The van der Waals surface area contributed by atoms with Crippen molar-refractivity contribution in [3.63, 3.8) is 0 Å². The van der Waals surface area contributed by atoms with Crippen molar-refractivity contribution in [3.05, 3.63) is 63.6 Å². The Bertz CT molecular complexity index is 1010. The monoisotopic (exact) mass is 485 g/mol. The van der Waals surface area contributed by atoms with E-state index in [-0.39, 0.29) is 11.4 Å². The number of morpholine rings is 1. The van der Waals surface area contributed by atoms with Crippen LogP contribution in [-0.2, 0) is 9.53 Å². The number of nitrogens with one attached hydrogen (secondary N) is 1. The molecule has 2 aliphatic rings. The minimum Gasteiger partial charge on any atom is -0.503 e. The first-order chi connectivity index (χ1) is 16.6. The molecule has 2 aliphatic heterocycles. The van der Waals surface area contributed by atoms with Crippen LogP contribution in [0.4, 0.5) is 0 Å². The number of benzene rings is 1. The molecule has 1 atom stereocenters. The third-order valence-electron chi connectivity index (χ3n) is 6.39. The maximum absolute atomic E-state index is 13.4. The van der Waals surface area contributed by atoms with E-state index < -0.39 is 17.7 Å². The Morgan fingerprint density at radius 3 is 2.79 bits per heavy atom. The highest BCUT2D eigenvalue weighted by molar-refractivity contribution is 7.12. The number of unbranched alkanes of at least 4 members (excludes halogenated alkanes) is 2. The molecule has 182 valence electrons. The number of carbonyl (C=O) groups excluding carboxylic acids is 2. The zero-order valence-corrected chi connectivity index (χ0v) is 20.4. The van der Waals surface area contributed by atoms with E-state index in [1.54, 1.807) is 17.0 Å². The predicted molar refractivity (Wildman–Crippen MR) is 131 cm³/mol. The summed E-state index contributed by atoms with van der Waals surface area (Å²) in [5, 5.41) is 12.7. The molecule has 7 nitrogen and oxygen atoms in total. The number of hydrogen-bond donors (Lipinski definition) is 2. The van der Waals surface area contributed by atoms with E-state index in [1.165, 1.54) is 16.2 Å². The van der Waals surface area contributed by atoms with E-state index in [1.807, 2.05) is 29.6 Å². The summed E-state index contributed by atoms with van der Waals surface area (Å²) >= 11 is 1.31. The van der Waals surface area contributed by atoms with Crippen LogP contribution in [0.1, 0.15) is 47.5 Å². The first-order valence-corrected chi connectivity index (χ1v) is 12.9. The normalized spacial score (nSPS) is 19.1. The average molecular weight is 486 g/mol. The van der Waals surface area contributed by atoms with E-state index in [0.29, 0.717) is 37.0 Å². The number of carbonyl (C=O) groups is 2. The number of hydrogen-bond acceptors (Lipinski definition) is 6. The van der Waals surface area contributed by atoms with Gasteiger partial charge in [0, 0.05) is 0 Å². The Morgan fingerprint density at radius 2 is 2.06 bits per heavy atom. The second kappa shape index (κ2) is 11.6. The standard InChI is InChI=1S/C26H32N2O5S/c1-2-3-4-14-33-20-8-5-7-19(18-20)23-22(24(29)21-9-6-17-34-21)25(30)26(31)28(23)11-10-27-12-15-32-16-13-27/h5-9,17-18,23,30H,2-4,10-16H2,1H3/p+1/t23-/m1/s1. The fourth-order valence-electron chi connectivity index (χ4n) is 4.51. The number of rotatable bonds is 11. The summed E-state index contributed by atoms with van der Waals surface area (Å²) in [6.45, 7) is 7.11. The molecule has 3 heterocycles. The molecule has 0 radical (unpaired) electrons. The van der Waals surface area contributed by atoms with Crippen molar-refractivity contribution in [3.8, 4) is 5.75 Å². The van der Waals surface area contributed by atoms with Crippen molar-refractivity contribution in [1.82, 2.24) is 4.90 Å². The molecule has 0 saturated carbocycles. The highest BCUT2D eigenvalue weighted by atomic mass is 32.1. The average Bonchev–Trinajstić information content (AvgIpc) is 3.49. The van der Waals surface area contributed by atoms with Crippen LogP contribution in [0.5, 0.6) is 5.75 Å². The molecule has 0 bridgehead atoms. The number of nitrogens with zero attached hydrogens (tertiary/aromatic N) is 1. The summed E-state index contributed by atoms with van der Waals surface area (Å²) in [7, 11) is 0. The van der Waals surface area contributed by atoms with Gasteiger partial charge in [0.05, 0.1) is 49.4 Å². The first-order valence-electron chi connectivity index (χ1n) is 12.1. The zero-order valence-electron chi connectivity index (χ0n) is 19.6. The molecular formula is C26H33N2O5S+. The molecule has 0 spiro atoms. The lowest BCUT2D eigenvalue weighted by molar-refractivity contribution is -0.907. The van der Waals surface area contributed by atoms with E-state index in [9.17, 15) is 14.7 Å². The van der Waals surface area contributed by atoms with Crippen LogP contribution in [0.25, 0.3) is 0 Å². The number of ketones is 1. The number of quaternary nitrogens is 1. The van der Waals surface area contributed by atoms with Gasteiger partial charge in [0.25, 0.3) is 5.91 Å². The molecule has 4 rings (SSSR count). The Kier molecular flexibility index (Phi) is 8.37. The van der Waals surface area contributed by atoms with Crippen LogP contribution in [0.2, 0.25) is 0 Å². The summed E-state index contributed by atoms with van der Waals surface area (Å²) in [6, 6.07) is 10.4. The topological polar surface area (TPSA) is 80.5 Å². The molecule has 34 heavy (non-hydrogen) atoms. The molecule has 8 heteroatoms. The lowest BCUT2D eigenvalue weighted by Gasteiger charge is -2.30. The van der Waals surface area contributed by atoms with Crippen molar-refractivity contribution in [2.75, 3.05) is 46.0 Å². The lowest BCUT2D eigenvalue weighted by Crippen LogP contribution is -3.14. The van der Waals surface area contributed by atoms with Gasteiger partial charge in [-0.25, -0.2) is 0 Å². The van der Waals surface area contributed by atoms with Gasteiger partial charge in [0.2, 0.25) is 5.78 Å². The second-order valence-corrected chi connectivity index (χ2v) is 9.66. The van der Waals surface area contributed by atoms with E-state index in [4.69, 9.17) is 9.47 Å². The van der Waals surface area contributed by atoms with Crippen molar-refractivity contribution >= 4 is 23.0 Å². The maximum atomic E-state index is 13.4. The fourth-order valence-corrected chi connectivity index (χ4v) is 5.19. The number of Topliss-reactive ketones (excluding diaryl/α,β-unsaturated/α-hetero) is 1. The minimum atomic E-state index is -0.651. The van der Waals surface area contributed by atoms with Crippen molar-refractivity contribution in [2.45, 2.75) is 32.2 Å². The number of amides is 1. The Balaban J connectivity index is 1.61. The zero-order chi connectivity index (χ0) is 23.9. The largest absolute Gasteiger partial charge is 0.503 e. The number of aliphatic hydroxyl groups excluding tert-OH is 1. The Labute approximate surface area is 204 Å². The third-order valence-corrected chi connectivity index (χ3v) is 7.26. The highest BCUT2D eigenvalue weighted by Crippen LogP contribution is 2.40. The molecule has 0 aliphatic carbocycles. The van der Waals surface area contributed by atoms with Gasteiger partial charge in [-0.15, -0.1) is 11.3 Å². The predicted octanol–water partition coefficient (Wildman–Crippen LogP) is 2.81. The van der Waals surface area contributed by atoms with E-state index >= 15 is 0 Å². The molecule has 1 saturated heterocycles. The quantitative estimate of drug-likeness (QED) is 0.378. The van der Waals surface area contributed by atoms with Crippen LogP contribution in [0, 0.1) is 0 Å². The van der Waals surface area contributed by atoms with Gasteiger partial charge in [-0.3, -0.25) is 9.59 Å². The van der Waals surface area contributed by atoms with Crippen LogP contribution in [-0.4, -0.2) is 67.7 Å². The smallest absolute Gasteiger partial charge is 0.290 e. The van der Waals surface area contributed by atoms with Gasteiger partial charge >= 0.3 is 0 Å². The summed E-state index contributed by atoms with van der Waals surface area (Å²) in [4.78, 5) is 30.1. The molecule has 2 N–H and O–H groups in total. The third kappa shape index (κ3) is 5.51. The number of ether oxygens (including phenoxy) is 2. The summed E-state index contributed by atoms with van der Waals surface area (Å²) in [5.41, 5.74) is 0.912. The summed E-state index contributed by atoms with van der Waals surface area (Å²) in [6.07, 6.45) is 3.19. The van der Waals surface area contributed by atoms with E-state index in [2.05, 4.69) is 6.92 Å². The molecule has 1 amide bonds. The molecule has 1 aromatic carbocycles. The highest BCUT2D eigenvalue weighted by Gasteiger charge is 2.44. The van der Waals surface area contributed by atoms with Gasteiger partial charge in [0.1, 0.15) is 18.8 Å². The Morgan fingerprint density at radius 1 is 1.24 bits per heavy atom. The van der Waals surface area contributed by atoms with E-state index in [0.717, 1.165) is 44.5 Å². The van der Waals surface area contributed by atoms with Crippen LogP contribution in [0.15, 0.2) is 53.1 Å².